The van der Waals surface area contributed by atoms with Crippen LogP contribution in [0.2, 0.25) is 5.02 Å². The van der Waals surface area contributed by atoms with Gasteiger partial charge in [-0.1, -0.05) is 34.5 Å². The number of alkyl halides is 1. The van der Waals surface area contributed by atoms with Crippen LogP contribution in [0.5, 0.6) is 0 Å². The van der Waals surface area contributed by atoms with Crippen molar-refractivity contribution in [2.75, 3.05) is 0 Å². The lowest BCUT2D eigenvalue weighted by Gasteiger charge is -2.25. The highest BCUT2D eigenvalue weighted by Crippen LogP contribution is 2.46. The number of hydrogen-bond acceptors (Lipinski definition) is 1. The zero-order valence-electron chi connectivity index (χ0n) is 11.0. The zero-order valence-corrected chi connectivity index (χ0v) is 13.3. The van der Waals surface area contributed by atoms with Crippen molar-refractivity contribution in [3.63, 3.8) is 0 Å². The molecule has 1 aromatic carbocycles. The highest BCUT2D eigenvalue weighted by Gasteiger charge is 2.41. The van der Waals surface area contributed by atoms with E-state index in [1.807, 2.05) is 13.8 Å². The number of ether oxygens (including phenoxy) is 1. The maximum Gasteiger partial charge on any atom is 0.160 e. The van der Waals surface area contributed by atoms with E-state index in [0.29, 0.717) is 11.5 Å². The second-order valence-electron chi connectivity index (χ2n) is 5.17. The Hall–Kier alpha value is -0.190. The zero-order chi connectivity index (χ0) is 14.3. The smallest absolute Gasteiger partial charge is 0.160 e. The van der Waals surface area contributed by atoms with Crippen molar-refractivity contribution in [2.45, 2.75) is 37.8 Å². The van der Waals surface area contributed by atoms with Gasteiger partial charge in [-0.2, -0.15) is 0 Å². The molecule has 1 fully saturated rings. The third kappa shape index (κ3) is 2.81. The van der Waals surface area contributed by atoms with E-state index in [-0.39, 0.29) is 28.0 Å². The summed E-state index contributed by atoms with van der Waals surface area (Å²) in [5.74, 6) is -1.33. The molecule has 0 amide bonds. The molecule has 1 aromatic rings. The van der Waals surface area contributed by atoms with Crippen molar-refractivity contribution in [2.24, 2.45) is 11.8 Å². The first-order valence-corrected chi connectivity index (χ1v) is 7.56. The molecule has 0 N–H and O–H groups in total. The Morgan fingerprint density at radius 3 is 2.26 bits per heavy atom. The summed E-state index contributed by atoms with van der Waals surface area (Å²) < 4.78 is 32.3. The molecule has 0 saturated carbocycles. The Bertz CT molecular complexity index is 483. The van der Waals surface area contributed by atoms with E-state index in [1.54, 1.807) is 0 Å². The van der Waals surface area contributed by atoms with E-state index >= 15 is 0 Å². The molecule has 0 radical (unpaired) electrons. The lowest BCUT2D eigenvalue weighted by molar-refractivity contribution is 0.0511. The highest BCUT2D eigenvalue weighted by molar-refractivity contribution is 9.09. The third-order valence-corrected chi connectivity index (χ3v) is 5.42. The summed E-state index contributed by atoms with van der Waals surface area (Å²) in [6.45, 7) is 6.11. The van der Waals surface area contributed by atoms with Gasteiger partial charge >= 0.3 is 0 Å². The van der Waals surface area contributed by atoms with Crippen molar-refractivity contribution in [1.29, 1.82) is 0 Å². The molecule has 2 rings (SSSR count). The minimum absolute atomic E-state index is 0.0403. The predicted octanol–water partition coefficient (Wildman–Crippen LogP) is 5.11. The van der Waals surface area contributed by atoms with Crippen LogP contribution in [0.4, 0.5) is 8.78 Å². The van der Waals surface area contributed by atoms with Crippen LogP contribution in [-0.4, -0.2) is 12.2 Å². The first-order chi connectivity index (χ1) is 8.82. The topological polar surface area (TPSA) is 9.23 Å². The van der Waals surface area contributed by atoms with Crippen LogP contribution < -0.4 is 0 Å². The fourth-order valence-electron chi connectivity index (χ4n) is 2.75. The molecule has 1 saturated heterocycles. The van der Waals surface area contributed by atoms with Gasteiger partial charge in [0.25, 0.3) is 0 Å². The van der Waals surface area contributed by atoms with Gasteiger partial charge in [-0.05, 0) is 37.5 Å². The summed E-state index contributed by atoms with van der Waals surface area (Å²) in [6.07, 6.45) is 0.183. The molecule has 1 heterocycles. The molecule has 0 aliphatic carbocycles. The molecule has 0 bridgehead atoms. The van der Waals surface area contributed by atoms with Crippen molar-refractivity contribution in [3.8, 4) is 0 Å². The van der Waals surface area contributed by atoms with Gasteiger partial charge in [-0.15, -0.1) is 0 Å². The minimum Gasteiger partial charge on any atom is -0.375 e. The van der Waals surface area contributed by atoms with Crippen molar-refractivity contribution in [1.82, 2.24) is 0 Å². The average molecular weight is 354 g/mol. The Labute approximate surface area is 125 Å². The van der Waals surface area contributed by atoms with Crippen molar-refractivity contribution < 1.29 is 13.5 Å². The van der Waals surface area contributed by atoms with Crippen molar-refractivity contribution in [3.05, 3.63) is 34.4 Å². The molecule has 106 valence electrons. The molecule has 0 spiro atoms. The van der Waals surface area contributed by atoms with E-state index in [0.717, 1.165) is 6.07 Å². The SMILES string of the molecule is CC1OC(C)C(C(Br)c2cc(F)c(F)cc2Cl)C1C. The Kier molecular flexibility index (Phi) is 4.53. The standard InChI is InChI=1S/C14H16BrClF2O/c1-6-7(2)19-8(3)13(6)14(15)9-4-11(17)12(18)5-10(9)16/h4-8,13-14H,1-3H3. The van der Waals surface area contributed by atoms with E-state index in [1.165, 1.54) is 6.07 Å². The summed E-state index contributed by atoms with van der Waals surface area (Å²) in [5, 5.41) is 0.236. The number of hydrogen-bond donors (Lipinski definition) is 0. The summed E-state index contributed by atoms with van der Waals surface area (Å²) in [4.78, 5) is -0.162. The van der Waals surface area contributed by atoms with Gasteiger partial charge in [0, 0.05) is 15.8 Å². The maximum absolute atomic E-state index is 13.4. The molecule has 5 atom stereocenters. The maximum atomic E-state index is 13.4. The molecule has 1 nitrogen and oxygen atoms in total. The van der Waals surface area contributed by atoms with Crippen LogP contribution in [0.25, 0.3) is 0 Å². The summed E-state index contributed by atoms with van der Waals surface area (Å²) in [5.41, 5.74) is 0.571. The quantitative estimate of drug-likeness (QED) is 0.530. The van der Waals surface area contributed by atoms with E-state index in [2.05, 4.69) is 22.9 Å². The summed E-state index contributed by atoms with van der Waals surface area (Å²) in [7, 11) is 0. The molecular weight excluding hydrogens is 338 g/mol. The van der Waals surface area contributed by atoms with Gasteiger partial charge < -0.3 is 4.74 Å². The third-order valence-electron chi connectivity index (χ3n) is 3.99. The first-order valence-electron chi connectivity index (χ1n) is 6.27. The Morgan fingerprint density at radius 2 is 1.74 bits per heavy atom. The second kappa shape index (κ2) is 5.66. The fraction of sp³-hybridized carbons (Fsp3) is 0.571. The van der Waals surface area contributed by atoms with Crippen LogP contribution in [0.15, 0.2) is 12.1 Å². The molecule has 5 unspecified atom stereocenters. The Balaban J connectivity index is 2.34. The minimum atomic E-state index is -0.925. The van der Waals surface area contributed by atoms with Crippen LogP contribution >= 0.6 is 27.5 Å². The molecule has 1 aliphatic heterocycles. The first kappa shape index (κ1) is 15.2. The van der Waals surface area contributed by atoms with Gasteiger partial charge in [0.05, 0.1) is 12.2 Å². The van der Waals surface area contributed by atoms with Crippen LogP contribution in [-0.2, 0) is 4.74 Å². The predicted molar refractivity (Wildman–Crippen MR) is 75.7 cm³/mol. The average Bonchev–Trinajstić information content (AvgIpc) is 2.57. The van der Waals surface area contributed by atoms with Gasteiger partial charge in [0.15, 0.2) is 11.6 Å². The normalized spacial score (nSPS) is 32.6. The molecular formula is C14H16BrClF2O. The van der Waals surface area contributed by atoms with Crippen LogP contribution in [0.1, 0.15) is 31.2 Å². The van der Waals surface area contributed by atoms with Crippen LogP contribution in [0.3, 0.4) is 0 Å². The van der Waals surface area contributed by atoms with Gasteiger partial charge in [-0.3, -0.25) is 0 Å². The molecule has 5 heteroatoms. The lowest BCUT2D eigenvalue weighted by Crippen LogP contribution is -2.22. The largest absolute Gasteiger partial charge is 0.375 e. The number of benzene rings is 1. The highest BCUT2D eigenvalue weighted by atomic mass is 79.9. The van der Waals surface area contributed by atoms with E-state index in [9.17, 15) is 8.78 Å². The Morgan fingerprint density at radius 1 is 1.16 bits per heavy atom. The molecule has 1 aliphatic rings. The van der Waals surface area contributed by atoms with E-state index in [4.69, 9.17) is 16.3 Å². The summed E-state index contributed by atoms with van der Waals surface area (Å²) in [6, 6.07) is 2.19. The fourth-order valence-corrected chi connectivity index (χ4v) is 4.44. The number of halogens is 4. The van der Waals surface area contributed by atoms with Gasteiger partial charge in [0.2, 0.25) is 0 Å². The van der Waals surface area contributed by atoms with Gasteiger partial charge in [-0.25, -0.2) is 8.78 Å². The molecule has 0 aromatic heterocycles. The summed E-state index contributed by atoms with van der Waals surface area (Å²) >= 11 is 9.61. The second-order valence-corrected chi connectivity index (χ2v) is 6.57. The molecule has 19 heavy (non-hydrogen) atoms. The van der Waals surface area contributed by atoms with Gasteiger partial charge in [0.1, 0.15) is 0 Å². The number of rotatable bonds is 2. The van der Waals surface area contributed by atoms with Crippen molar-refractivity contribution >= 4 is 27.5 Å². The monoisotopic (exact) mass is 352 g/mol. The van der Waals surface area contributed by atoms with Crippen LogP contribution in [0, 0.1) is 23.5 Å². The van der Waals surface area contributed by atoms with E-state index < -0.39 is 11.6 Å². The lowest BCUT2D eigenvalue weighted by atomic mass is 9.84.